The molecule has 0 spiro atoms. The number of urea groups is 1. The van der Waals surface area contributed by atoms with Gasteiger partial charge in [0.15, 0.2) is 6.54 Å². The number of benzene rings is 2. The number of carbonyl (C=O) groups excluding carboxylic acids is 3. The van der Waals surface area contributed by atoms with Crippen LogP contribution in [0.25, 0.3) is 0 Å². The van der Waals surface area contributed by atoms with Crippen molar-refractivity contribution in [2.45, 2.75) is 25.4 Å². The normalized spacial score (nSPS) is 19.8. The third-order valence-electron chi connectivity index (χ3n) is 4.89. The Morgan fingerprint density at radius 2 is 1.90 bits per heavy atom. The number of hydrogen-bond acceptors (Lipinski definition) is 3. The predicted molar refractivity (Wildman–Crippen MR) is 98.9 cm³/mol. The Bertz CT molecular complexity index is 954. The van der Waals surface area contributed by atoms with E-state index >= 15 is 0 Å². The molecule has 1 fully saturated rings. The molecule has 1 heterocycles. The first kappa shape index (κ1) is 20.4. The van der Waals surface area contributed by atoms with Crippen molar-refractivity contribution in [2.24, 2.45) is 0 Å². The molecular formula is C20H21F2N4O3+. The Morgan fingerprint density at radius 3 is 2.55 bits per heavy atom. The number of amides is 4. The van der Waals surface area contributed by atoms with Crippen LogP contribution in [0, 0.1) is 11.6 Å². The minimum absolute atomic E-state index is 0.170. The average Bonchev–Trinajstić information content (AvgIpc) is 2.91. The molecule has 0 bridgehead atoms. The number of halogens is 2. The van der Waals surface area contributed by atoms with Gasteiger partial charge in [-0.25, -0.2) is 13.6 Å². The number of rotatable bonds is 6. The van der Waals surface area contributed by atoms with E-state index in [0.717, 1.165) is 12.1 Å². The van der Waals surface area contributed by atoms with Gasteiger partial charge in [-0.3, -0.25) is 15.0 Å². The smallest absolute Gasteiger partial charge is 0.332 e. The highest BCUT2D eigenvalue weighted by molar-refractivity contribution is 6.08. The molecule has 2 atom stereocenters. The van der Waals surface area contributed by atoms with E-state index in [9.17, 15) is 23.2 Å². The molecule has 7 nitrogen and oxygen atoms in total. The number of carbonyl (C=O) groups is 3. The lowest BCUT2D eigenvalue weighted by Crippen LogP contribution is -2.87. The maximum atomic E-state index is 13.8. The molecule has 1 aliphatic heterocycles. The summed E-state index contributed by atoms with van der Waals surface area (Å²) in [7, 11) is 0. The minimum atomic E-state index is -1.29. The molecule has 0 unspecified atom stereocenters. The van der Waals surface area contributed by atoms with Gasteiger partial charge in [0.1, 0.15) is 23.2 Å². The monoisotopic (exact) mass is 403 g/mol. The molecule has 9 heteroatoms. The van der Waals surface area contributed by atoms with E-state index in [2.05, 4.69) is 10.7 Å². The van der Waals surface area contributed by atoms with E-state index in [1.807, 2.05) is 0 Å². The van der Waals surface area contributed by atoms with Crippen molar-refractivity contribution in [1.82, 2.24) is 15.8 Å². The number of hydrogen-bond donors (Lipinski definition) is 3. The van der Waals surface area contributed by atoms with Gasteiger partial charge >= 0.3 is 6.03 Å². The first-order chi connectivity index (χ1) is 13.7. The highest BCUT2D eigenvalue weighted by atomic mass is 19.1. The van der Waals surface area contributed by atoms with Crippen LogP contribution in [0.4, 0.5) is 13.6 Å². The number of quaternary nitrogens is 1. The van der Waals surface area contributed by atoms with Gasteiger partial charge in [-0.15, -0.1) is 0 Å². The quantitative estimate of drug-likeness (QED) is 0.630. The molecule has 0 aromatic heterocycles. The van der Waals surface area contributed by atoms with Crippen LogP contribution in [0.5, 0.6) is 0 Å². The number of nitrogens with one attached hydrogen (secondary N) is 2. The van der Waals surface area contributed by atoms with Gasteiger partial charge < -0.3 is 10.6 Å². The zero-order valence-corrected chi connectivity index (χ0v) is 15.9. The molecule has 29 heavy (non-hydrogen) atoms. The van der Waals surface area contributed by atoms with Crippen LogP contribution in [0.1, 0.15) is 31.0 Å². The van der Waals surface area contributed by atoms with Crippen molar-refractivity contribution in [3.8, 4) is 0 Å². The van der Waals surface area contributed by atoms with E-state index in [0.29, 0.717) is 10.6 Å². The second kappa shape index (κ2) is 7.96. The molecule has 3 rings (SSSR count). The van der Waals surface area contributed by atoms with Gasteiger partial charge in [-0.05, 0) is 31.5 Å². The van der Waals surface area contributed by atoms with E-state index in [4.69, 9.17) is 0 Å². The summed E-state index contributed by atoms with van der Waals surface area (Å²) in [6.45, 7) is 3.04. The Morgan fingerprint density at radius 1 is 1.21 bits per heavy atom. The van der Waals surface area contributed by atoms with Gasteiger partial charge in [-0.2, -0.15) is 5.01 Å². The summed E-state index contributed by atoms with van der Waals surface area (Å²) in [5, 5.41) is 4.74. The summed E-state index contributed by atoms with van der Waals surface area (Å²) < 4.78 is 26.9. The molecule has 0 radical (unpaired) electrons. The van der Waals surface area contributed by atoms with Crippen LogP contribution in [0.15, 0.2) is 48.5 Å². The van der Waals surface area contributed by atoms with Gasteiger partial charge in [-0.1, -0.05) is 30.3 Å². The Kier molecular flexibility index (Phi) is 5.60. The fourth-order valence-corrected chi connectivity index (χ4v) is 3.16. The highest BCUT2D eigenvalue weighted by Crippen LogP contribution is 2.27. The highest BCUT2D eigenvalue weighted by Gasteiger charge is 2.50. The van der Waals surface area contributed by atoms with Gasteiger partial charge in [0.2, 0.25) is 0 Å². The summed E-state index contributed by atoms with van der Waals surface area (Å²) in [6.07, 6.45) is 0. The summed E-state index contributed by atoms with van der Waals surface area (Å²) in [4.78, 5) is 37.2. The van der Waals surface area contributed by atoms with Crippen molar-refractivity contribution in [2.75, 3.05) is 6.54 Å². The number of hydrazine groups is 1. The molecule has 4 amide bonds. The SMILES string of the molecule is C[C@@H]([NH2+]CC(=O)NN1C(=O)N[C@@](C)(c2ccccc2)C1=O)c1ccc(F)cc1F. The molecule has 0 saturated carbocycles. The molecule has 4 N–H and O–H groups in total. The first-order valence-corrected chi connectivity index (χ1v) is 9.02. The van der Waals surface area contributed by atoms with E-state index in [1.165, 1.54) is 11.4 Å². The predicted octanol–water partition coefficient (Wildman–Crippen LogP) is 1.09. The van der Waals surface area contributed by atoms with Crippen molar-refractivity contribution < 1.29 is 28.5 Å². The van der Waals surface area contributed by atoms with E-state index in [1.54, 1.807) is 44.2 Å². The molecule has 1 saturated heterocycles. The molecule has 0 aliphatic carbocycles. The van der Waals surface area contributed by atoms with Crippen LogP contribution in [-0.2, 0) is 15.1 Å². The summed E-state index contributed by atoms with van der Waals surface area (Å²) in [5.74, 6) is -2.61. The standard InChI is InChI=1S/C20H20F2N4O3/c1-12(15-9-8-14(21)10-16(15)22)23-11-17(27)25-26-18(28)20(2,24-19(26)29)13-6-4-3-5-7-13/h3-10,12,23H,11H2,1-2H3,(H,24,29)(H,25,27)/p+1/t12-,20+/m1/s1. The summed E-state index contributed by atoms with van der Waals surface area (Å²) >= 11 is 0. The molecule has 152 valence electrons. The number of nitrogens with zero attached hydrogens (tertiary/aromatic N) is 1. The Balaban J connectivity index is 1.62. The van der Waals surface area contributed by atoms with Crippen LogP contribution < -0.4 is 16.1 Å². The van der Waals surface area contributed by atoms with E-state index < -0.39 is 41.1 Å². The van der Waals surface area contributed by atoms with Crippen molar-refractivity contribution >= 4 is 17.8 Å². The first-order valence-electron chi connectivity index (χ1n) is 9.02. The lowest BCUT2D eigenvalue weighted by Gasteiger charge is -2.22. The Hall–Kier alpha value is -3.33. The second-order valence-electron chi connectivity index (χ2n) is 6.99. The molecule has 2 aromatic rings. The van der Waals surface area contributed by atoms with Crippen LogP contribution in [0.2, 0.25) is 0 Å². The third kappa shape index (κ3) is 4.09. The Labute approximate surface area is 166 Å². The third-order valence-corrected chi connectivity index (χ3v) is 4.89. The second-order valence-corrected chi connectivity index (χ2v) is 6.99. The van der Waals surface area contributed by atoms with Gasteiger partial charge in [0.25, 0.3) is 11.8 Å². The molecule has 1 aliphatic rings. The van der Waals surface area contributed by atoms with Crippen molar-refractivity contribution in [3.05, 3.63) is 71.3 Å². The van der Waals surface area contributed by atoms with Crippen LogP contribution in [-0.4, -0.2) is 29.4 Å². The fraction of sp³-hybridized carbons (Fsp3) is 0.250. The molecule has 2 aromatic carbocycles. The zero-order chi connectivity index (χ0) is 21.2. The van der Waals surface area contributed by atoms with Gasteiger partial charge in [0.05, 0.1) is 0 Å². The number of nitrogens with two attached hydrogens (primary N) is 1. The summed E-state index contributed by atoms with van der Waals surface area (Å²) in [5.41, 5.74) is 1.82. The average molecular weight is 403 g/mol. The van der Waals surface area contributed by atoms with E-state index in [-0.39, 0.29) is 12.1 Å². The summed E-state index contributed by atoms with van der Waals surface area (Å²) in [6, 6.07) is 10.7. The van der Waals surface area contributed by atoms with Crippen molar-refractivity contribution in [3.63, 3.8) is 0 Å². The van der Waals surface area contributed by atoms with Crippen LogP contribution in [0.3, 0.4) is 0 Å². The zero-order valence-electron chi connectivity index (χ0n) is 15.9. The van der Waals surface area contributed by atoms with Crippen LogP contribution >= 0.6 is 0 Å². The fourth-order valence-electron chi connectivity index (χ4n) is 3.16. The maximum absolute atomic E-state index is 13.8. The maximum Gasteiger partial charge on any atom is 0.344 e. The largest absolute Gasteiger partial charge is 0.344 e. The molecular weight excluding hydrogens is 382 g/mol. The lowest BCUT2D eigenvalue weighted by molar-refractivity contribution is -0.682. The van der Waals surface area contributed by atoms with Crippen molar-refractivity contribution in [1.29, 1.82) is 0 Å². The van der Waals surface area contributed by atoms with Gasteiger partial charge in [0, 0.05) is 11.6 Å². The lowest BCUT2D eigenvalue weighted by atomic mass is 9.92. The topological polar surface area (TPSA) is 95.1 Å². The number of imide groups is 1. The minimum Gasteiger partial charge on any atom is -0.332 e.